The average molecular weight is 465 g/mol. The molecule has 0 radical (unpaired) electrons. The van der Waals surface area contributed by atoms with Gasteiger partial charge in [-0.05, 0) is 36.1 Å². The molecule has 3 aromatic rings. The van der Waals surface area contributed by atoms with Crippen molar-refractivity contribution in [3.63, 3.8) is 0 Å². The second-order valence-electron chi connectivity index (χ2n) is 8.12. The number of nitrogens with zero attached hydrogens (tertiary/aromatic N) is 4. The van der Waals surface area contributed by atoms with Crippen LogP contribution in [0.5, 0.6) is 0 Å². The molecule has 0 aliphatic carbocycles. The number of carbonyl (C=O) groups excluding carboxylic acids is 2. The van der Waals surface area contributed by atoms with Crippen LogP contribution in [-0.4, -0.2) is 58.8 Å². The van der Waals surface area contributed by atoms with Crippen LogP contribution in [0, 0.1) is 6.92 Å². The summed E-state index contributed by atoms with van der Waals surface area (Å²) in [5.41, 5.74) is 4.02. The molecule has 2 amide bonds. The first kappa shape index (κ1) is 22.9. The number of hydrazone groups is 1. The van der Waals surface area contributed by atoms with Crippen LogP contribution in [0.2, 0.25) is 0 Å². The number of benzene rings is 1. The van der Waals surface area contributed by atoms with Gasteiger partial charge in [0.15, 0.2) is 0 Å². The van der Waals surface area contributed by atoms with Gasteiger partial charge in [0.1, 0.15) is 6.54 Å². The van der Waals surface area contributed by atoms with E-state index in [4.69, 9.17) is 9.84 Å². The number of hydrogen-bond acceptors (Lipinski definition) is 5. The summed E-state index contributed by atoms with van der Waals surface area (Å²) in [6.07, 6.45) is 2.58. The summed E-state index contributed by atoms with van der Waals surface area (Å²) in [5.74, 6) is -0.390. The lowest BCUT2D eigenvalue weighted by Crippen LogP contribution is -2.42. The van der Waals surface area contributed by atoms with Crippen molar-refractivity contribution in [3.8, 4) is 0 Å². The predicted molar refractivity (Wildman–Crippen MR) is 129 cm³/mol. The lowest BCUT2D eigenvalue weighted by Gasteiger charge is -2.26. The number of rotatable bonds is 8. The first-order chi connectivity index (χ1) is 16.0. The molecule has 1 aliphatic rings. The fraction of sp³-hybridized carbons (Fsp3) is 0.320. The Hall–Kier alpha value is -3.23. The van der Waals surface area contributed by atoms with Gasteiger partial charge in [0.2, 0.25) is 0 Å². The molecule has 0 saturated heterocycles. The topological polar surface area (TPSA) is 67.1 Å². The average Bonchev–Trinajstić information content (AvgIpc) is 3.57. The van der Waals surface area contributed by atoms with Gasteiger partial charge in [-0.1, -0.05) is 35.9 Å². The first-order valence-electron chi connectivity index (χ1n) is 10.9. The number of aryl methyl sites for hydroxylation is 2. The Morgan fingerprint density at radius 2 is 1.97 bits per heavy atom. The van der Waals surface area contributed by atoms with E-state index >= 15 is 0 Å². The molecule has 1 atom stereocenters. The normalized spacial score (nSPS) is 15.5. The fourth-order valence-electron chi connectivity index (χ4n) is 3.95. The molecule has 3 heterocycles. The summed E-state index contributed by atoms with van der Waals surface area (Å²) >= 11 is 1.36. The Labute approximate surface area is 197 Å². The monoisotopic (exact) mass is 464 g/mol. The second-order valence-corrected chi connectivity index (χ2v) is 9.06. The third-order valence-corrected chi connectivity index (χ3v) is 6.64. The van der Waals surface area contributed by atoms with Crippen molar-refractivity contribution >= 4 is 28.9 Å². The number of amides is 2. The minimum absolute atomic E-state index is 0.0631. The van der Waals surface area contributed by atoms with E-state index in [-0.39, 0.29) is 24.4 Å². The van der Waals surface area contributed by atoms with Gasteiger partial charge in [0, 0.05) is 33.3 Å². The van der Waals surface area contributed by atoms with E-state index in [0.717, 1.165) is 22.5 Å². The molecule has 0 N–H and O–H groups in total. The molecule has 0 saturated carbocycles. The molecule has 0 bridgehead atoms. The van der Waals surface area contributed by atoms with Crippen LogP contribution in [0.25, 0.3) is 0 Å². The summed E-state index contributed by atoms with van der Waals surface area (Å²) in [5, 5.41) is 8.15. The molecule has 7 nitrogen and oxygen atoms in total. The SMILES string of the molecule is COCCN(CC(=O)N1N=C(c2cccn2C)CC1c1ccc(C)cc1)C(=O)c1cccs1. The van der Waals surface area contributed by atoms with Crippen molar-refractivity contribution in [1.29, 1.82) is 0 Å². The molecule has 8 heteroatoms. The van der Waals surface area contributed by atoms with Crippen molar-refractivity contribution in [3.05, 3.63) is 81.8 Å². The molecule has 1 aliphatic heterocycles. The van der Waals surface area contributed by atoms with Crippen molar-refractivity contribution in [1.82, 2.24) is 14.5 Å². The Kier molecular flexibility index (Phi) is 7.05. The minimum atomic E-state index is -0.218. The summed E-state index contributed by atoms with van der Waals surface area (Å²) < 4.78 is 7.19. The Morgan fingerprint density at radius 1 is 1.18 bits per heavy atom. The molecule has 33 heavy (non-hydrogen) atoms. The molecule has 0 fully saturated rings. The second kappa shape index (κ2) is 10.1. The number of ether oxygens (including phenoxy) is 1. The Balaban J connectivity index is 1.61. The highest BCUT2D eigenvalue weighted by molar-refractivity contribution is 7.12. The third-order valence-electron chi connectivity index (χ3n) is 5.78. The van der Waals surface area contributed by atoms with E-state index in [0.29, 0.717) is 24.4 Å². The number of methoxy groups -OCH3 is 1. The van der Waals surface area contributed by atoms with Crippen molar-refractivity contribution < 1.29 is 14.3 Å². The maximum Gasteiger partial charge on any atom is 0.264 e. The van der Waals surface area contributed by atoms with Crippen LogP contribution < -0.4 is 0 Å². The van der Waals surface area contributed by atoms with Crippen LogP contribution in [0.3, 0.4) is 0 Å². The number of aromatic nitrogens is 1. The smallest absolute Gasteiger partial charge is 0.264 e. The summed E-state index contributed by atoms with van der Waals surface area (Å²) in [6, 6.07) is 15.5. The molecule has 1 unspecified atom stereocenters. The summed E-state index contributed by atoms with van der Waals surface area (Å²) in [7, 11) is 3.55. The Bertz CT molecular complexity index is 1130. The Morgan fingerprint density at radius 3 is 2.61 bits per heavy atom. The van der Waals surface area contributed by atoms with Crippen LogP contribution in [0.1, 0.15) is 39.0 Å². The van der Waals surface area contributed by atoms with Gasteiger partial charge in [-0.25, -0.2) is 5.01 Å². The zero-order valence-electron chi connectivity index (χ0n) is 19.1. The molecule has 0 spiro atoms. The quantitative estimate of drug-likeness (QED) is 0.508. The van der Waals surface area contributed by atoms with Crippen molar-refractivity contribution in [2.75, 3.05) is 26.8 Å². The summed E-state index contributed by atoms with van der Waals surface area (Å²) in [4.78, 5) is 28.7. The van der Waals surface area contributed by atoms with Crippen LogP contribution in [0.15, 0.2) is 65.2 Å². The van der Waals surface area contributed by atoms with Gasteiger partial charge in [-0.15, -0.1) is 11.3 Å². The highest BCUT2D eigenvalue weighted by Crippen LogP contribution is 2.33. The lowest BCUT2D eigenvalue weighted by molar-refractivity contribution is -0.133. The number of hydrogen-bond donors (Lipinski definition) is 0. The molecule has 2 aromatic heterocycles. The first-order valence-corrected chi connectivity index (χ1v) is 11.8. The highest BCUT2D eigenvalue weighted by Gasteiger charge is 2.35. The number of thiophene rings is 1. The third kappa shape index (κ3) is 5.07. The maximum absolute atomic E-state index is 13.5. The van der Waals surface area contributed by atoms with Crippen molar-refractivity contribution in [2.24, 2.45) is 12.1 Å². The number of carbonyl (C=O) groups is 2. The highest BCUT2D eigenvalue weighted by atomic mass is 32.1. The van der Waals surface area contributed by atoms with Gasteiger partial charge in [-0.3, -0.25) is 9.59 Å². The van der Waals surface area contributed by atoms with E-state index in [9.17, 15) is 9.59 Å². The predicted octanol–water partition coefficient (Wildman–Crippen LogP) is 3.86. The maximum atomic E-state index is 13.5. The van der Waals surface area contributed by atoms with Crippen molar-refractivity contribution in [2.45, 2.75) is 19.4 Å². The van der Waals surface area contributed by atoms with Gasteiger partial charge < -0.3 is 14.2 Å². The molecule has 1 aromatic carbocycles. The van der Waals surface area contributed by atoms with Crippen LogP contribution >= 0.6 is 11.3 Å². The minimum Gasteiger partial charge on any atom is -0.383 e. The zero-order chi connectivity index (χ0) is 23.4. The summed E-state index contributed by atoms with van der Waals surface area (Å²) in [6.45, 7) is 2.66. The lowest BCUT2D eigenvalue weighted by atomic mass is 9.99. The largest absolute Gasteiger partial charge is 0.383 e. The van der Waals surface area contributed by atoms with Gasteiger partial charge in [0.05, 0.1) is 28.9 Å². The van der Waals surface area contributed by atoms with E-state index in [1.54, 1.807) is 23.1 Å². The molecular formula is C25H28N4O3S. The molecule has 4 rings (SSSR count). The van der Waals surface area contributed by atoms with E-state index in [2.05, 4.69) is 0 Å². The van der Waals surface area contributed by atoms with Crippen LogP contribution in [-0.2, 0) is 16.6 Å². The van der Waals surface area contributed by atoms with E-state index < -0.39 is 0 Å². The van der Waals surface area contributed by atoms with E-state index in [1.165, 1.54) is 11.3 Å². The van der Waals surface area contributed by atoms with Gasteiger partial charge >= 0.3 is 0 Å². The fourth-order valence-corrected chi connectivity index (χ4v) is 4.64. The van der Waals surface area contributed by atoms with Gasteiger partial charge in [-0.2, -0.15) is 5.10 Å². The van der Waals surface area contributed by atoms with Gasteiger partial charge in [0.25, 0.3) is 11.8 Å². The zero-order valence-corrected chi connectivity index (χ0v) is 19.9. The molecular weight excluding hydrogens is 436 g/mol. The standard InChI is InChI=1S/C25H28N4O3S/c1-18-8-10-19(11-9-18)22-16-20(21-6-4-12-27(21)2)26-29(22)24(30)17-28(13-14-32-3)25(31)23-7-5-15-33-23/h4-12,15,22H,13-14,16-17H2,1-3H3. The van der Waals surface area contributed by atoms with E-state index in [1.807, 2.05) is 72.6 Å². The molecule has 172 valence electrons. The van der Waals surface area contributed by atoms with Crippen LogP contribution in [0.4, 0.5) is 0 Å².